The summed E-state index contributed by atoms with van der Waals surface area (Å²) < 4.78 is 56.9. The summed E-state index contributed by atoms with van der Waals surface area (Å²) in [6, 6.07) is 6.36. The molecule has 2 aromatic carbocycles. The smallest absolute Gasteiger partial charge is 0.326 e. The van der Waals surface area contributed by atoms with Crippen LogP contribution in [0.2, 0.25) is 0 Å². The van der Waals surface area contributed by atoms with Gasteiger partial charge in [-0.15, -0.1) is 0 Å². The van der Waals surface area contributed by atoms with Gasteiger partial charge >= 0.3 is 5.97 Å². The number of fused-ring (bicyclic) bond motifs is 1. The molecule has 1 aromatic heterocycles. The highest BCUT2D eigenvalue weighted by atomic mass is 32.2. The molecule has 0 atom stereocenters. The van der Waals surface area contributed by atoms with E-state index < -0.39 is 39.1 Å². The van der Waals surface area contributed by atoms with Crippen molar-refractivity contribution in [2.75, 3.05) is 6.61 Å². The zero-order valence-corrected chi connectivity index (χ0v) is 17.1. The molecule has 8 nitrogen and oxygen atoms in total. The lowest BCUT2D eigenvalue weighted by molar-refractivity contribution is -0.143. The second kappa shape index (κ2) is 8.42. The van der Waals surface area contributed by atoms with Crippen LogP contribution in [-0.2, 0) is 26.1 Å². The van der Waals surface area contributed by atoms with Gasteiger partial charge in [0.05, 0.1) is 27.3 Å². The Hall–Kier alpha value is -2.96. The van der Waals surface area contributed by atoms with Crippen molar-refractivity contribution in [1.29, 1.82) is 0 Å². The Bertz CT molecular complexity index is 1330. The summed E-state index contributed by atoms with van der Waals surface area (Å²) in [7, 11) is -3.98. The lowest BCUT2D eigenvalue weighted by Gasteiger charge is -2.05. The lowest BCUT2D eigenvalue weighted by Crippen LogP contribution is -2.23. The number of carbonyl (C=O) groups excluding carboxylic acids is 2. The van der Waals surface area contributed by atoms with Crippen molar-refractivity contribution in [3.63, 3.8) is 0 Å². The van der Waals surface area contributed by atoms with Gasteiger partial charge in [0, 0.05) is 6.07 Å². The molecule has 0 aliphatic heterocycles. The highest BCUT2D eigenvalue weighted by Gasteiger charge is 2.17. The SMILES string of the molecule is CCOC(=O)Cn1c(=NC(=O)c2ccc(F)cc2F)sc2cc(S(N)(=O)=O)ccc21. The standard InChI is InChI=1S/C18H15F2N3O5S2/c1-2-28-16(24)9-23-14-6-4-11(30(21,26)27)8-15(14)29-18(23)22-17(25)12-5-3-10(19)7-13(12)20/h3-8H,2,9H2,1H3,(H2,21,26,27). The van der Waals surface area contributed by atoms with Gasteiger partial charge in [-0.25, -0.2) is 22.3 Å². The van der Waals surface area contributed by atoms with E-state index in [0.717, 1.165) is 23.5 Å². The average molecular weight is 455 g/mol. The second-order valence-electron chi connectivity index (χ2n) is 5.99. The minimum atomic E-state index is -3.98. The fraction of sp³-hybridized carbons (Fsp3) is 0.167. The van der Waals surface area contributed by atoms with Gasteiger partial charge in [0.25, 0.3) is 5.91 Å². The van der Waals surface area contributed by atoms with Crippen LogP contribution < -0.4 is 9.94 Å². The van der Waals surface area contributed by atoms with E-state index >= 15 is 0 Å². The molecule has 3 aromatic rings. The van der Waals surface area contributed by atoms with Gasteiger partial charge in [-0.3, -0.25) is 9.59 Å². The molecule has 0 spiro atoms. The number of ether oxygens (including phenoxy) is 1. The number of sulfonamides is 1. The molecule has 0 aliphatic carbocycles. The summed E-state index contributed by atoms with van der Waals surface area (Å²) in [4.78, 5) is 28.1. The Labute approximate surface area is 173 Å². The van der Waals surface area contributed by atoms with Gasteiger partial charge in [0.15, 0.2) is 4.80 Å². The van der Waals surface area contributed by atoms with E-state index in [1.54, 1.807) is 6.92 Å². The molecule has 0 radical (unpaired) electrons. The minimum Gasteiger partial charge on any atom is -0.465 e. The zero-order chi connectivity index (χ0) is 22.1. The van der Waals surface area contributed by atoms with Gasteiger partial charge in [0.2, 0.25) is 10.0 Å². The lowest BCUT2D eigenvalue weighted by atomic mass is 10.2. The Morgan fingerprint density at radius 1 is 1.20 bits per heavy atom. The molecule has 0 saturated carbocycles. The molecule has 0 aliphatic rings. The van der Waals surface area contributed by atoms with Crippen molar-refractivity contribution >= 4 is 43.5 Å². The molecular formula is C18H15F2N3O5S2. The minimum absolute atomic E-state index is 0.00153. The number of benzene rings is 2. The van der Waals surface area contributed by atoms with E-state index in [4.69, 9.17) is 9.88 Å². The summed E-state index contributed by atoms with van der Waals surface area (Å²) in [5.41, 5.74) is -0.0617. The molecule has 1 amide bonds. The number of nitrogens with two attached hydrogens (primary N) is 1. The number of hydrogen-bond donors (Lipinski definition) is 1. The highest BCUT2D eigenvalue weighted by Crippen LogP contribution is 2.22. The van der Waals surface area contributed by atoms with E-state index in [0.29, 0.717) is 16.3 Å². The first kappa shape index (κ1) is 21.7. The third-order valence-electron chi connectivity index (χ3n) is 3.93. The van der Waals surface area contributed by atoms with Crippen LogP contribution in [0.25, 0.3) is 10.2 Å². The first-order valence-corrected chi connectivity index (χ1v) is 10.8. The number of amides is 1. The van der Waals surface area contributed by atoms with Crippen LogP contribution in [0.15, 0.2) is 46.3 Å². The molecule has 0 bridgehead atoms. The van der Waals surface area contributed by atoms with E-state index in [-0.39, 0.29) is 22.8 Å². The predicted octanol–water partition coefficient (Wildman–Crippen LogP) is 1.93. The van der Waals surface area contributed by atoms with Gasteiger partial charge < -0.3 is 9.30 Å². The maximum Gasteiger partial charge on any atom is 0.326 e. The number of esters is 1. The first-order valence-electron chi connectivity index (χ1n) is 8.46. The van der Waals surface area contributed by atoms with Crippen LogP contribution in [0.3, 0.4) is 0 Å². The summed E-state index contributed by atoms with van der Waals surface area (Å²) in [5.74, 6) is -3.55. The number of rotatable bonds is 5. The Morgan fingerprint density at radius 3 is 2.57 bits per heavy atom. The van der Waals surface area contributed by atoms with Gasteiger partial charge in [0.1, 0.15) is 18.2 Å². The van der Waals surface area contributed by atoms with Crippen molar-refractivity contribution in [3.05, 3.63) is 58.4 Å². The van der Waals surface area contributed by atoms with E-state index in [9.17, 15) is 26.8 Å². The van der Waals surface area contributed by atoms with Crippen LogP contribution in [0.1, 0.15) is 17.3 Å². The number of primary sulfonamides is 1. The van der Waals surface area contributed by atoms with Crippen molar-refractivity contribution in [1.82, 2.24) is 4.57 Å². The van der Waals surface area contributed by atoms with Gasteiger partial charge in [-0.05, 0) is 37.3 Å². The maximum atomic E-state index is 13.9. The number of halogens is 2. The van der Waals surface area contributed by atoms with E-state index in [1.807, 2.05) is 0 Å². The van der Waals surface area contributed by atoms with Crippen molar-refractivity contribution in [3.8, 4) is 0 Å². The molecule has 0 fully saturated rings. The molecule has 2 N–H and O–H groups in total. The van der Waals surface area contributed by atoms with Crippen molar-refractivity contribution in [2.45, 2.75) is 18.4 Å². The number of nitrogens with zero attached hydrogens (tertiary/aromatic N) is 2. The van der Waals surface area contributed by atoms with E-state index in [2.05, 4.69) is 4.99 Å². The fourth-order valence-corrected chi connectivity index (χ4v) is 4.30. The van der Waals surface area contributed by atoms with Crippen LogP contribution in [0.4, 0.5) is 8.78 Å². The van der Waals surface area contributed by atoms with Crippen LogP contribution in [0, 0.1) is 11.6 Å². The molecular weight excluding hydrogens is 440 g/mol. The van der Waals surface area contributed by atoms with Crippen LogP contribution in [-0.4, -0.2) is 31.5 Å². The Morgan fingerprint density at radius 2 is 1.93 bits per heavy atom. The summed E-state index contributed by atoms with van der Waals surface area (Å²) in [6.07, 6.45) is 0. The number of aromatic nitrogens is 1. The third-order valence-corrected chi connectivity index (χ3v) is 5.89. The molecule has 12 heteroatoms. The van der Waals surface area contributed by atoms with Crippen molar-refractivity contribution < 1.29 is 31.5 Å². The normalized spacial score (nSPS) is 12.3. The van der Waals surface area contributed by atoms with Crippen molar-refractivity contribution in [2.24, 2.45) is 10.1 Å². The number of thiazole rings is 1. The topological polar surface area (TPSA) is 121 Å². The molecule has 0 saturated heterocycles. The Kier molecular flexibility index (Phi) is 6.10. The number of hydrogen-bond acceptors (Lipinski definition) is 6. The zero-order valence-electron chi connectivity index (χ0n) is 15.5. The Balaban J connectivity index is 2.18. The summed E-state index contributed by atoms with van der Waals surface area (Å²) in [6.45, 7) is 1.43. The largest absolute Gasteiger partial charge is 0.465 e. The molecule has 0 unspecified atom stereocenters. The average Bonchev–Trinajstić information content (AvgIpc) is 2.97. The molecule has 3 rings (SSSR count). The first-order chi connectivity index (χ1) is 14.1. The fourth-order valence-electron chi connectivity index (χ4n) is 2.61. The van der Waals surface area contributed by atoms with Gasteiger partial charge in [-0.2, -0.15) is 4.99 Å². The predicted molar refractivity (Wildman–Crippen MR) is 104 cm³/mol. The van der Waals surface area contributed by atoms with Crippen LogP contribution >= 0.6 is 11.3 Å². The van der Waals surface area contributed by atoms with Crippen LogP contribution in [0.5, 0.6) is 0 Å². The monoisotopic (exact) mass is 455 g/mol. The second-order valence-corrected chi connectivity index (χ2v) is 8.56. The molecule has 158 valence electrons. The highest BCUT2D eigenvalue weighted by molar-refractivity contribution is 7.89. The van der Waals surface area contributed by atoms with E-state index in [1.165, 1.54) is 22.8 Å². The summed E-state index contributed by atoms with van der Waals surface area (Å²) in [5, 5.41) is 5.14. The third kappa shape index (κ3) is 4.61. The maximum absolute atomic E-state index is 13.9. The molecule has 1 heterocycles. The van der Waals surface area contributed by atoms with Gasteiger partial charge in [-0.1, -0.05) is 11.3 Å². The number of carbonyl (C=O) groups is 2. The quantitative estimate of drug-likeness (QED) is 0.590. The molecule has 30 heavy (non-hydrogen) atoms. The summed E-state index contributed by atoms with van der Waals surface area (Å²) >= 11 is 0.897.